The van der Waals surface area contributed by atoms with Crippen molar-refractivity contribution in [3.8, 4) is 5.75 Å². The van der Waals surface area contributed by atoms with Crippen LogP contribution in [0, 0.1) is 0 Å². The summed E-state index contributed by atoms with van der Waals surface area (Å²) in [5.41, 5.74) is 1.49. The maximum absolute atomic E-state index is 11.9. The van der Waals surface area contributed by atoms with Crippen LogP contribution in [0.3, 0.4) is 0 Å². The fraction of sp³-hybridized carbons (Fsp3) is 0.429. The summed E-state index contributed by atoms with van der Waals surface area (Å²) < 4.78 is 20.7. The normalized spacial score (nSPS) is 13.5. The van der Waals surface area contributed by atoms with Gasteiger partial charge in [-0.1, -0.05) is 10.5 Å². The van der Waals surface area contributed by atoms with E-state index in [1.165, 1.54) is 6.21 Å². The van der Waals surface area contributed by atoms with Gasteiger partial charge in [0.1, 0.15) is 21.9 Å². The lowest BCUT2D eigenvalue weighted by molar-refractivity contribution is -0.110. The maximum Gasteiger partial charge on any atom is 0.190 e. The number of benzene rings is 1. The first-order valence-corrected chi connectivity index (χ1v) is 7.64. The van der Waals surface area contributed by atoms with Gasteiger partial charge in [-0.2, -0.15) is 0 Å². The summed E-state index contributed by atoms with van der Waals surface area (Å²) in [6, 6.07) is 5.31. The molecule has 0 N–H and O–H groups in total. The van der Waals surface area contributed by atoms with Gasteiger partial charge >= 0.3 is 0 Å². The van der Waals surface area contributed by atoms with Crippen LogP contribution in [0.2, 0.25) is 0 Å². The summed E-state index contributed by atoms with van der Waals surface area (Å²) in [6.07, 6.45) is 1.71. The van der Waals surface area contributed by atoms with Crippen LogP contribution in [0.15, 0.2) is 22.6 Å². The van der Waals surface area contributed by atoms with Crippen LogP contribution in [-0.2, 0) is 22.6 Å². The zero-order valence-corrected chi connectivity index (χ0v) is 13.8. The van der Waals surface area contributed by atoms with Gasteiger partial charge in [-0.05, 0) is 38.5 Å². The van der Waals surface area contributed by atoms with Gasteiger partial charge in [0.05, 0.1) is 13.3 Å². The van der Waals surface area contributed by atoms with Gasteiger partial charge in [-0.3, -0.25) is 4.79 Å². The third-order valence-corrected chi connectivity index (χ3v) is 4.01. The van der Waals surface area contributed by atoms with E-state index in [0.717, 1.165) is 5.56 Å². The fourth-order valence-corrected chi connectivity index (χ4v) is 2.10. The zero-order chi connectivity index (χ0) is 15.3. The number of carbonyl (C=O) groups is 1. The molecule has 0 spiro atoms. The van der Waals surface area contributed by atoms with Crippen molar-refractivity contribution in [3.05, 3.63) is 29.3 Å². The van der Waals surface area contributed by atoms with Gasteiger partial charge in [-0.15, -0.1) is 12.6 Å². The van der Waals surface area contributed by atoms with Crippen molar-refractivity contribution in [1.29, 1.82) is 0 Å². The summed E-state index contributed by atoms with van der Waals surface area (Å²) in [6.45, 7) is 5.55. The summed E-state index contributed by atoms with van der Waals surface area (Å²) in [4.78, 5) is 11.1. The summed E-state index contributed by atoms with van der Waals surface area (Å²) in [7, 11) is 1.56. The first-order chi connectivity index (χ1) is 9.24. The monoisotopic (exact) mass is 313 g/mol. The van der Waals surface area contributed by atoms with Crippen molar-refractivity contribution in [1.82, 2.24) is 0 Å². The number of carbonyl (C=O) groups excluding carboxylic acids is 1. The predicted molar refractivity (Wildman–Crippen MR) is 86.2 cm³/mol. The number of nitrogens with zero attached hydrogens (tertiary/aromatic N) is 1. The molecule has 0 amide bonds. The second-order valence-electron chi connectivity index (χ2n) is 5.23. The second kappa shape index (κ2) is 7.15. The van der Waals surface area contributed by atoms with E-state index in [4.69, 9.17) is 4.74 Å². The molecule has 1 aromatic rings. The van der Waals surface area contributed by atoms with Crippen molar-refractivity contribution in [2.75, 3.05) is 7.11 Å². The topological polar surface area (TPSA) is 61.7 Å². The van der Waals surface area contributed by atoms with E-state index < -0.39 is 16.1 Å². The van der Waals surface area contributed by atoms with Gasteiger partial charge in [0.15, 0.2) is 5.12 Å². The van der Waals surface area contributed by atoms with E-state index in [0.29, 0.717) is 11.3 Å². The smallest absolute Gasteiger partial charge is 0.190 e. The maximum atomic E-state index is 11.9. The molecule has 1 rings (SSSR count). The Morgan fingerprint density at radius 2 is 2.15 bits per heavy atom. The van der Waals surface area contributed by atoms with Gasteiger partial charge in [-0.25, -0.2) is 0 Å². The lowest BCUT2D eigenvalue weighted by Gasteiger charge is -2.17. The Morgan fingerprint density at radius 1 is 1.50 bits per heavy atom. The minimum absolute atomic E-state index is 0.191. The van der Waals surface area contributed by atoms with Crippen molar-refractivity contribution in [2.45, 2.75) is 31.9 Å². The lowest BCUT2D eigenvalue weighted by Crippen LogP contribution is -2.25. The van der Waals surface area contributed by atoms with Crippen LogP contribution in [0.1, 0.15) is 31.9 Å². The van der Waals surface area contributed by atoms with E-state index >= 15 is 0 Å². The first-order valence-electron chi connectivity index (χ1n) is 6.09. The van der Waals surface area contributed by atoms with Gasteiger partial charge < -0.3 is 9.29 Å². The highest BCUT2D eigenvalue weighted by Gasteiger charge is 2.25. The Morgan fingerprint density at radius 3 is 2.65 bits per heavy atom. The molecular formula is C14H19NO3S2. The van der Waals surface area contributed by atoms with E-state index in [1.807, 2.05) is 20.8 Å². The van der Waals surface area contributed by atoms with E-state index in [1.54, 1.807) is 25.3 Å². The molecule has 0 fully saturated rings. The highest BCUT2D eigenvalue weighted by Crippen LogP contribution is 2.20. The molecule has 0 aromatic heterocycles. The van der Waals surface area contributed by atoms with Crippen LogP contribution in [-0.4, -0.2) is 27.7 Å². The molecule has 1 atom stereocenters. The van der Waals surface area contributed by atoms with Crippen molar-refractivity contribution >= 4 is 35.3 Å². The third kappa shape index (κ3) is 5.19. The molecule has 110 valence electrons. The van der Waals surface area contributed by atoms with Gasteiger partial charge in [0.25, 0.3) is 0 Å². The first kappa shape index (κ1) is 17.1. The summed E-state index contributed by atoms with van der Waals surface area (Å²) in [5, 5.41) is -0.234. The average Bonchev–Trinajstić information content (AvgIpc) is 2.35. The Hall–Kier alpha value is -0.980. The molecule has 1 unspecified atom stereocenters. The van der Waals surface area contributed by atoms with Crippen molar-refractivity contribution < 1.29 is 14.1 Å². The quantitative estimate of drug-likeness (QED) is 0.516. The third-order valence-electron chi connectivity index (χ3n) is 2.51. The standard InChI is InChI=1S/C14H19NO3S2/c1-14(2,3)20(17)15-9-11-7-12(18-4)6-5-10(11)8-13(16)19/h5-7,9H,8H2,1-4H3,(H,16,19). The van der Waals surface area contributed by atoms with Crippen molar-refractivity contribution in [2.24, 2.45) is 4.40 Å². The number of thiol groups is 1. The number of ether oxygens (including phenoxy) is 1. The number of methoxy groups -OCH3 is 1. The second-order valence-corrected chi connectivity index (χ2v) is 7.66. The van der Waals surface area contributed by atoms with Gasteiger partial charge in [0, 0.05) is 12.0 Å². The van der Waals surface area contributed by atoms with Gasteiger partial charge in [0.2, 0.25) is 0 Å². The molecule has 0 aliphatic rings. The summed E-state index contributed by atoms with van der Waals surface area (Å²) in [5.74, 6) is 0.656. The Bertz CT molecular complexity index is 510. The largest absolute Gasteiger partial charge is 0.591 e. The minimum atomic E-state index is -1.34. The molecule has 0 saturated carbocycles. The molecule has 0 aliphatic carbocycles. The molecule has 1 aromatic carbocycles. The molecule has 0 aliphatic heterocycles. The Kier molecular flexibility index (Phi) is 6.10. The van der Waals surface area contributed by atoms with E-state index in [2.05, 4.69) is 17.0 Å². The molecule has 0 heterocycles. The van der Waals surface area contributed by atoms with E-state index in [-0.39, 0.29) is 11.5 Å². The Labute approximate surface area is 128 Å². The zero-order valence-electron chi connectivity index (χ0n) is 12.0. The molecule has 4 nitrogen and oxygen atoms in total. The number of rotatable bonds is 5. The summed E-state index contributed by atoms with van der Waals surface area (Å²) >= 11 is 2.44. The van der Waals surface area contributed by atoms with Crippen LogP contribution in [0.5, 0.6) is 5.75 Å². The van der Waals surface area contributed by atoms with Crippen LogP contribution in [0.25, 0.3) is 0 Å². The highest BCUT2D eigenvalue weighted by molar-refractivity contribution is 7.96. The predicted octanol–water partition coefficient (Wildman–Crippen LogP) is 2.58. The number of hydrogen-bond acceptors (Lipinski definition) is 4. The van der Waals surface area contributed by atoms with Crippen LogP contribution >= 0.6 is 12.6 Å². The van der Waals surface area contributed by atoms with Crippen molar-refractivity contribution in [3.63, 3.8) is 0 Å². The van der Waals surface area contributed by atoms with Crippen LogP contribution in [0.4, 0.5) is 0 Å². The highest BCUT2D eigenvalue weighted by atomic mass is 32.2. The Balaban J connectivity index is 3.07. The van der Waals surface area contributed by atoms with E-state index in [9.17, 15) is 9.35 Å². The molecule has 6 heteroatoms. The van der Waals surface area contributed by atoms with Crippen LogP contribution < -0.4 is 4.74 Å². The SMILES string of the molecule is COc1ccc(CC(=O)S)c(C=N[S+]([O-])C(C)(C)C)c1. The molecule has 0 saturated heterocycles. The minimum Gasteiger partial charge on any atom is -0.591 e. The molecule has 0 bridgehead atoms. The lowest BCUT2D eigenvalue weighted by atomic mass is 10.1. The molecule has 0 radical (unpaired) electrons. The molecular weight excluding hydrogens is 294 g/mol. The fourth-order valence-electron chi connectivity index (χ4n) is 1.41. The average molecular weight is 313 g/mol. The molecule has 20 heavy (non-hydrogen) atoms. The number of hydrogen-bond donors (Lipinski definition) is 1.